The molecule has 0 heterocycles. The third kappa shape index (κ3) is 7.13. The standard InChI is InChI=1S/C37H37N3O2/c1-28-5-15-33(16-6-28)39(34-17-7-29(2)8-18-34)35-19-9-30(10-20-35)25-38-40(36-21-11-31(12-22-36)26-41-3)37-23-13-32(14-24-37)27-42-4/h5-25H,26-27H2,1-4H3. The minimum atomic E-state index is 0.573. The molecule has 0 bridgehead atoms. The van der Waals surface area contributed by atoms with Crippen LogP contribution in [0.1, 0.15) is 27.8 Å². The number of benzene rings is 5. The van der Waals surface area contributed by atoms with Crippen LogP contribution in [-0.4, -0.2) is 20.4 Å². The van der Waals surface area contributed by atoms with Crippen LogP contribution in [0.3, 0.4) is 0 Å². The van der Waals surface area contributed by atoms with Crippen LogP contribution in [0.2, 0.25) is 0 Å². The highest BCUT2D eigenvalue weighted by atomic mass is 16.5. The SMILES string of the molecule is COCc1ccc(N(N=Cc2ccc(N(c3ccc(C)cc3)c3ccc(C)cc3)cc2)c2ccc(COC)cc2)cc1. The van der Waals surface area contributed by atoms with Crippen molar-refractivity contribution in [3.63, 3.8) is 0 Å². The summed E-state index contributed by atoms with van der Waals surface area (Å²) in [5.41, 5.74) is 10.9. The van der Waals surface area contributed by atoms with E-state index in [4.69, 9.17) is 14.6 Å². The van der Waals surface area contributed by atoms with Gasteiger partial charge in [0.05, 0.1) is 30.8 Å². The summed E-state index contributed by atoms with van der Waals surface area (Å²) >= 11 is 0. The van der Waals surface area contributed by atoms with Crippen molar-refractivity contribution in [2.24, 2.45) is 5.10 Å². The molecule has 0 aliphatic heterocycles. The molecule has 0 unspecified atom stereocenters. The largest absolute Gasteiger partial charge is 0.380 e. The first-order valence-electron chi connectivity index (χ1n) is 14.1. The average Bonchev–Trinajstić information content (AvgIpc) is 3.02. The van der Waals surface area contributed by atoms with E-state index >= 15 is 0 Å². The Morgan fingerprint density at radius 1 is 0.500 bits per heavy atom. The fourth-order valence-corrected chi connectivity index (χ4v) is 4.75. The highest BCUT2D eigenvalue weighted by Crippen LogP contribution is 2.35. The first-order valence-corrected chi connectivity index (χ1v) is 14.1. The minimum absolute atomic E-state index is 0.573. The number of aryl methyl sites for hydroxylation is 2. The van der Waals surface area contributed by atoms with Crippen LogP contribution in [0.5, 0.6) is 0 Å². The van der Waals surface area contributed by atoms with Gasteiger partial charge in [0.25, 0.3) is 0 Å². The molecule has 0 saturated heterocycles. The fourth-order valence-electron chi connectivity index (χ4n) is 4.75. The van der Waals surface area contributed by atoms with Crippen molar-refractivity contribution >= 4 is 34.7 Å². The van der Waals surface area contributed by atoms with Gasteiger partial charge in [-0.3, -0.25) is 0 Å². The van der Waals surface area contributed by atoms with E-state index in [1.165, 1.54) is 11.1 Å². The lowest BCUT2D eigenvalue weighted by molar-refractivity contribution is 0.185. The molecule has 212 valence electrons. The van der Waals surface area contributed by atoms with Gasteiger partial charge >= 0.3 is 0 Å². The number of anilines is 5. The number of ether oxygens (including phenoxy) is 2. The number of hydrazone groups is 1. The first kappa shape index (κ1) is 28.8. The summed E-state index contributed by atoms with van der Waals surface area (Å²) in [6.07, 6.45) is 1.90. The summed E-state index contributed by atoms with van der Waals surface area (Å²) in [5.74, 6) is 0. The van der Waals surface area contributed by atoms with Gasteiger partial charge in [0, 0.05) is 31.3 Å². The van der Waals surface area contributed by atoms with Crippen molar-refractivity contribution in [2.75, 3.05) is 24.1 Å². The van der Waals surface area contributed by atoms with Crippen LogP contribution in [0.15, 0.2) is 126 Å². The van der Waals surface area contributed by atoms with Gasteiger partial charge in [-0.05, 0) is 91.2 Å². The third-order valence-corrected chi connectivity index (χ3v) is 7.04. The van der Waals surface area contributed by atoms with Gasteiger partial charge in [-0.25, -0.2) is 5.01 Å². The second-order valence-electron chi connectivity index (χ2n) is 10.4. The molecule has 0 aliphatic carbocycles. The van der Waals surface area contributed by atoms with Gasteiger partial charge in [0.15, 0.2) is 0 Å². The lowest BCUT2D eigenvalue weighted by Gasteiger charge is -2.26. The Bertz CT molecular complexity index is 1480. The quantitative estimate of drug-likeness (QED) is 0.120. The maximum absolute atomic E-state index is 5.29. The predicted molar refractivity (Wildman–Crippen MR) is 175 cm³/mol. The molecule has 0 saturated carbocycles. The van der Waals surface area contributed by atoms with Crippen molar-refractivity contribution in [3.05, 3.63) is 149 Å². The van der Waals surface area contributed by atoms with Gasteiger partial charge in [-0.1, -0.05) is 71.8 Å². The van der Waals surface area contributed by atoms with Crippen LogP contribution >= 0.6 is 0 Å². The Balaban J connectivity index is 1.44. The average molecular weight is 556 g/mol. The van der Waals surface area contributed by atoms with Gasteiger partial charge < -0.3 is 14.4 Å². The number of rotatable bonds is 11. The Morgan fingerprint density at radius 2 is 0.857 bits per heavy atom. The van der Waals surface area contributed by atoms with E-state index in [1.54, 1.807) is 14.2 Å². The number of hydrogen-bond acceptors (Lipinski definition) is 5. The highest BCUT2D eigenvalue weighted by Gasteiger charge is 2.13. The Hall–Kier alpha value is -4.71. The molecule has 5 aromatic carbocycles. The van der Waals surface area contributed by atoms with Crippen molar-refractivity contribution < 1.29 is 9.47 Å². The molecule has 5 rings (SSSR count). The lowest BCUT2D eigenvalue weighted by atomic mass is 10.1. The topological polar surface area (TPSA) is 37.3 Å². The summed E-state index contributed by atoms with van der Waals surface area (Å²) in [5, 5.41) is 6.88. The molecule has 5 heteroatoms. The zero-order valence-electron chi connectivity index (χ0n) is 24.7. The highest BCUT2D eigenvalue weighted by molar-refractivity contribution is 5.84. The van der Waals surface area contributed by atoms with Gasteiger partial charge in [0.1, 0.15) is 0 Å². The summed E-state index contributed by atoms with van der Waals surface area (Å²) in [7, 11) is 3.41. The van der Waals surface area contributed by atoms with Gasteiger partial charge in [-0.15, -0.1) is 0 Å². The fraction of sp³-hybridized carbons (Fsp3) is 0.162. The molecular formula is C37H37N3O2. The van der Waals surface area contributed by atoms with Crippen LogP contribution in [0.25, 0.3) is 0 Å². The molecular weight excluding hydrogens is 518 g/mol. The molecule has 0 fully saturated rings. The molecule has 42 heavy (non-hydrogen) atoms. The molecule has 0 spiro atoms. The Morgan fingerprint density at radius 3 is 1.24 bits per heavy atom. The van der Waals surface area contributed by atoms with Crippen LogP contribution in [0.4, 0.5) is 28.4 Å². The molecule has 0 atom stereocenters. The van der Waals surface area contributed by atoms with E-state index in [-0.39, 0.29) is 0 Å². The summed E-state index contributed by atoms with van der Waals surface area (Å²) in [6.45, 7) is 5.37. The predicted octanol–water partition coefficient (Wildman–Crippen LogP) is 9.24. The van der Waals surface area contributed by atoms with Gasteiger partial charge in [0.2, 0.25) is 0 Å². The number of methoxy groups -OCH3 is 2. The second kappa shape index (κ2) is 13.8. The normalized spacial score (nSPS) is 11.1. The maximum atomic E-state index is 5.29. The third-order valence-electron chi connectivity index (χ3n) is 7.04. The lowest BCUT2D eigenvalue weighted by Crippen LogP contribution is -2.11. The van der Waals surface area contributed by atoms with Crippen LogP contribution < -0.4 is 9.91 Å². The van der Waals surface area contributed by atoms with E-state index in [0.717, 1.165) is 45.1 Å². The molecule has 0 N–H and O–H groups in total. The number of hydrogen-bond donors (Lipinski definition) is 0. The Labute approximate surface area is 249 Å². The van der Waals surface area contributed by atoms with E-state index in [1.807, 2.05) is 11.2 Å². The molecule has 0 aliphatic rings. The zero-order valence-corrected chi connectivity index (χ0v) is 24.7. The molecule has 0 amide bonds. The van der Waals surface area contributed by atoms with Crippen molar-refractivity contribution in [3.8, 4) is 0 Å². The molecule has 5 nitrogen and oxygen atoms in total. The van der Waals surface area contributed by atoms with Crippen molar-refractivity contribution in [1.29, 1.82) is 0 Å². The summed E-state index contributed by atoms with van der Waals surface area (Å²) in [6, 6.07) is 42.3. The van der Waals surface area contributed by atoms with E-state index in [0.29, 0.717) is 13.2 Å². The monoisotopic (exact) mass is 555 g/mol. The van der Waals surface area contributed by atoms with Crippen molar-refractivity contribution in [2.45, 2.75) is 27.1 Å². The van der Waals surface area contributed by atoms with E-state index in [9.17, 15) is 0 Å². The minimum Gasteiger partial charge on any atom is -0.380 e. The Kier molecular flexibility index (Phi) is 9.44. The van der Waals surface area contributed by atoms with Crippen molar-refractivity contribution in [1.82, 2.24) is 0 Å². The summed E-state index contributed by atoms with van der Waals surface area (Å²) in [4.78, 5) is 2.27. The number of nitrogens with zero attached hydrogens (tertiary/aromatic N) is 3. The van der Waals surface area contributed by atoms with Crippen LogP contribution in [-0.2, 0) is 22.7 Å². The second-order valence-corrected chi connectivity index (χ2v) is 10.4. The molecule has 0 aromatic heterocycles. The van der Waals surface area contributed by atoms with E-state index in [2.05, 4.69) is 140 Å². The van der Waals surface area contributed by atoms with Gasteiger partial charge in [-0.2, -0.15) is 5.10 Å². The zero-order chi connectivity index (χ0) is 29.3. The van der Waals surface area contributed by atoms with Crippen LogP contribution in [0, 0.1) is 13.8 Å². The maximum Gasteiger partial charge on any atom is 0.0713 e. The summed E-state index contributed by atoms with van der Waals surface area (Å²) < 4.78 is 10.6. The molecule has 0 radical (unpaired) electrons. The first-order chi connectivity index (χ1) is 20.5. The smallest absolute Gasteiger partial charge is 0.0713 e. The molecule has 5 aromatic rings. The van der Waals surface area contributed by atoms with E-state index < -0.39 is 0 Å².